The molecule has 4 heteroatoms. The van der Waals surface area contributed by atoms with E-state index in [9.17, 15) is 4.79 Å². The highest BCUT2D eigenvalue weighted by Crippen LogP contribution is 2.28. The lowest BCUT2D eigenvalue weighted by Gasteiger charge is -2.29. The molecule has 0 aliphatic heterocycles. The van der Waals surface area contributed by atoms with Crippen LogP contribution in [0.3, 0.4) is 0 Å². The van der Waals surface area contributed by atoms with Crippen molar-refractivity contribution < 1.29 is 13.9 Å². The first-order valence-electron chi connectivity index (χ1n) is 7.62. The minimum atomic E-state index is -0.404. The molecule has 4 nitrogen and oxygen atoms in total. The highest BCUT2D eigenvalue weighted by Gasteiger charge is 2.21. The van der Waals surface area contributed by atoms with Gasteiger partial charge < -0.3 is 14.5 Å². The summed E-state index contributed by atoms with van der Waals surface area (Å²) in [5.41, 5.74) is 0.882. The van der Waals surface area contributed by atoms with E-state index in [4.69, 9.17) is 9.15 Å². The van der Waals surface area contributed by atoms with Crippen molar-refractivity contribution in [1.82, 2.24) is 5.32 Å². The maximum Gasteiger partial charge on any atom is 0.374 e. The van der Waals surface area contributed by atoms with Crippen LogP contribution in [0.4, 0.5) is 0 Å². The number of carbonyl (C=O) groups excluding carboxylic acids is 1. The average molecular weight is 279 g/mol. The van der Waals surface area contributed by atoms with Crippen molar-refractivity contribution >= 4 is 5.97 Å². The second-order valence-electron chi connectivity index (χ2n) is 5.65. The van der Waals surface area contributed by atoms with Crippen LogP contribution < -0.4 is 5.32 Å². The Morgan fingerprint density at radius 3 is 2.80 bits per heavy atom. The molecule has 1 aliphatic rings. The fraction of sp³-hybridized carbons (Fsp3) is 0.688. The number of methoxy groups -OCH3 is 1. The molecule has 1 saturated carbocycles. The van der Waals surface area contributed by atoms with Crippen LogP contribution in [0.2, 0.25) is 0 Å². The van der Waals surface area contributed by atoms with Gasteiger partial charge in [0.25, 0.3) is 0 Å². The topological polar surface area (TPSA) is 51.5 Å². The quantitative estimate of drug-likeness (QED) is 0.810. The Hall–Kier alpha value is -1.29. The van der Waals surface area contributed by atoms with E-state index < -0.39 is 5.97 Å². The number of furan rings is 1. The fourth-order valence-corrected chi connectivity index (χ4v) is 3.06. The first kappa shape index (κ1) is 15.1. The van der Waals surface area contributed by atoms with Crippen LogP contribution in [0.5, 0.6) is 0 Å². The van der Waals surface area contributed by atoms with Crippen molar-refractivity contribution in [1.29, 1.82) is 0 Å². The van der Waals surface area contributed by atoms with Gasteiger partial charge in [-0.1, -0.05) is 19.8 Å². The second kappa shape index (κ2) is 7.48. The summed E-state index contributed by atoms with van der Waals surface area (Å²) in [6, 6.07) is 2.39. The van der Waals surface area contributed by atoms with Crippen LogP contribution in [0.25, 0.3) is 0 Å². The predicted molar refractivity (Wildman–Crippen MR) is 77.5 cm³/mol. The Labute approximate surface area is 120 Å². The minimum Gasteiger partial charge on any atom is -0.463 e. The van der Waals surface area contributed by atoms with Crippen LogP contribution in [-0.2, 0) is 11.3 Å². The van der Waals surface area contributed by atoms with Crippen molar-refractivity contribution in [2.24, 2.45) is 5.92 Å². The van der Waals surface area contributed by atoms with Crippen molar-refractivity contribution in [3.05, 3.63) is 23.7 Å². The summed E-state index contributed by atoms with van der Waals surface area (Å²) in [5.74, 6) is 0.829. The number of esters is 1. The van der Waals surface area contributed by atoms with Gasteiger partial charge in [-0.05, 0) is 37.7 Å². The lowest BCUT2D eigenvalue weighted by atomic mass is 9.83. The van der Waals surface area contributed by atoms with Gasteiger partial charge in [0.2, 0.25) is 5.76 Å². The zero-order valence-electron chi connectivity index (χ0n) is 12.5. The number of ether oxygens (including phenoxy) is 1. The molecule has 1 aromatic rings. The van der Waals surface area contributed by atoms with E-state index in [0.29, 0.717) is 18.3 Å². The number of rotatable bonds is 6. The smallest absolute Gasteiger partial charge is 0.374 e. The summed E-state index contributed by atoms with van der Waals surface area (Å²) in [6.07, 6.45) is 9.30. The molecule has 1 N–H and O–H groups in total. The molecule has 1 aromatic heterocycles. The third-order valence-corrected chi connectivity index (χ3v) is 4.24. The highest BCUT2D eigenvalue weighted by atomic mass is 16.5. The Bertz CT molecular complexity index is 419. The van der Waals surface area contributed by atoms with Gasteiger partial charge in [-0.15, -0.1) is 0 Å². The molecule has 0 radical (unpaired) electrons. The number of hydrogen-bond acceptors (Lipinski definition) is 4. The SMILES string of the molecule is CCCC1CCC(NCc2ccoc2C(=O)OC)CC1. The Balaban J connectivity index is 1.79. The number of hydrogen-bond donors (Lipinski definition) is 1. The van der Waals surface area contributed by atoms with Crippen molar-refractivity contribution in [3.8, 4) is 0 Å². The molecule has 20 heavy (non-hydrogen) atoms. The van der Waals surface area contributed by atoms with Gasteiger partial charge in [0.05, 0.1) is 13.4 Å². The van der Waals surface area contributed by atoms with Crippen LogP contribution in [0.15, 0.2) is 16.7 Å². The summed E-state index contributed by atoms with van der Waals surface area (Å²) < 4.78 is 9.90. The van der Waals surface area contributed by atoms with Crippen LogP contribution in [0, 0.1) is 5.92 Å². The van der Waals surface area contributed by atoms with E-state index >= 15 is 0 Å². The molecular formula is C16H25NO3. The largest absolute Gasteiger partial charge is 0.463 e. The highest BCUT2D eigenvalue weighted by molar-refractivity contribution is 5.87. The van der Waals surface area contributed by atoms with E-state index in [2.05, 4.69) is 12.2 Å². The molecule has 1 heterocycles. The summed E-state index contributed by atoms with van der Waals surface area (Å²) in [6.45, 7) is 2.93. The molecule has 0 bridgehead atoms. The fourth-order valence-electron chi connectivity index (χ4n) is 3.06. The van der Waals surface area contributed by atoms with Gasteiger partial charge in [-0.25, -0.2) is 4.79 Å². The van der Waals surface area contributed by atoms with Crippen molar-refractivity contribution in [3.63, 3.8) is 0 Å². The number of nitrogens with one attached hydrogen (secondary N) is 1. The standard InChI is InChI=1S/C16H25NO3/c1-3-4-12-5-7-14(8-6-12)17-11-13-9-10-20-15(13)16(18)19-2/h9-10,12,14,17H,3-8,11H2,1-2H3. The van der Waals surface area contributed by atoms with Crippen LogP contribution >= 0.6 is 0 Å². The van der Waals surface area contributed by atoms with Gasteiger partial charge in [0.15, 0.2) is 0 Å². The van der Waals surface area contributed by atoms with Gasteiger partial charge in [0, 0.05) is 18.2 Å². The summed E-state index contributed by atoms with van der Waals surface area (Å²) in [4.78, 5) is 11.5. The zero-order chi connectivity index (χ0) is 14.4. The lowest BCUT2D eigenvalue weighted by molar-refractivity contribution is 0.0563. The zero-order valence-corrected chi connectivity index (χ0v) is 12.5. The molecule has 0 spiro atoms. The normalized spacial score (nSPS) is 22.7. The first-order valence-corrected chi connectivity index (χ1v) is 7.62. The monoisotopic (exact) mass is 279 g/mol. The second-order valence-corrected chi connectivity index (χ2v) is 5.65. The van der Waals surface area contributed by atoms with E-state index in [0.717, 1.165) is 11.5 Å². The van der Waals surface area contributed by atoms with Crippen molar-refractivity contribution in [2.75, 3.05) is 7.11 Å². The molecule has 1 fully saturated rings. The number of carbonyl (C=O) groups is 1. The lowest BCUT2D eigenvalue weighted by Crippen LogP contribution is -2.33. The van der Waals surface area contributed by atoms with E-state index in [1.165, 1.54) is 45.6 Å². The van der Waals surface area contributed by atoms with Crippen molar-refractivity contribution in [2.45, 2.75) is 58.0 Å². The molecule has 0 saturated heterocycles. The third kappa shape index (κ3) is 3.85. The van der Waals surface area contributed by atoms with Gasteiger partial charge in [-0.2, -0.15) is 0 Å². The summed E-state index contributed by atoms with van der Waals surface area (Å²) in [5, 5.41) is 3.54. The predicted octanol–water partition coefficient (Wildman–Crippen LogP) is 3.51. The van der Waals surface area contributed by atoms with Gasteiger partial charge in [0.1, 0.15) is 0 Å². The average Bonchev–Trinajstić information content (AvgIpc) is 2.94. The molecule has 1 aliphatic carbocycles. The third-order valence-electron chi connectivity index (χ3n) is 4.24. The van der Waals surface area contributed by atoms with Crippen LogP contribution in [-0.4, -0.2) is 19.1 Å². The van der Waals surface area contributed by atoms with E-state index in [-0.39, 0.29) is 0 Å². The van der Waals surface area contributed by atoms with E-state index in [1.54, 1.807) is 6.26 Å². The summed E-state index contributed by atoms with van der Waals surface area (Å²) >= 11 is 0. The van der Waals surface area contributed by atoms with Gasteiger partial charge in [-0.3, -0.25) is 0 Å². The maximum atomic E-state index is 11.5. The minimum absolute atomic E-state index is 0.319. The van der Waals surface area contributed by atoms with E-state index in [1.807, 2.05) is 6.07 Å². The Morgan fingerprint density at radius 2 is 2.15 bits per heavy atom. The molecular weight excluding hydrogens is 254 g/mol. The maximum absolute atomic E-state index is 11.5. The van der Waals surface area contributed by atoms with Gasteiger partial charge >= 0.3 is 5.97 Å². The Morgan fingerprint density at radius 1 is 1.40 bits per heavy atom. The molecule has 0 atom stereocenters. The summed E-state index contributed by atoms with van der Waals surface area (Å²) in [7, 11) is 1.37. The first-order chi connectivity index (χ1) is 9.74. The molecule has 0 aromatic carbocycles. The molecule has 0 unspecified atom stereocenters. The molecule has 2 rings (SSSR count). The van der Waals surface area contributed by atoms with Crippen LogP contribution in [0.1, 0.15) is 61.6 Å². The Kier molecular flexibility index (Phi) is 5.65. The molecule has 112 valence electrons. The molecule has 0 amide bonds.